The Morgan fingerprint density at radius 1 is 1.19 bits per heavy atom. The molecule has 9 nitrogen and oxygen atoms in total. The first-order valence-corrected chi connectivity index (χ1v) is 12.0. The van der Waals surface area contributed by atoms with Gasteiger partial charge in [0.05, 0.1) is 29.4 Å². The van der Waals surface area contributed by atoms with Crippen LogP contribution in [0.4, 0.5) is 5.69 Å². The molecule has 1 aliphatic carbocycles. The average molecular weight is 454 g/mol. The summed E-state index contributed by atoms with van der Waals surface area (Å²) in [5, 5.41) is 2.92. The van der Waals surface area contributed by atoms with E-state index in [9.17, 15) is 18.0 Å². The van der Waals surface area contributed by atoms with Crippen LogP contribution in [-0.4, -0.2) is 77.1 Å². The van der Waals surface area contributed by atoms with E-state index in [2.05, 4.69) is 5.32 Å². The summed E-state index contributed by atoms with van der Waals surface area (Å²) in [6.07, 6.45) is 3.03. The molecule has 0 spiro atoms. The van der Waals surface area contributed by atoms with Crippen LogP contribution in [0, 0.1) is 0 Å². The van der Waals surface area contributed by atoms with Crippen LogP contribution in [0.2, 0.25) is 0 Å². The zero-order valence-corrected chi connectivity index (χ0v) is 19.1. The number of hydrogen-bond donors (Lipinski definition) is 1. The van der Waals surface area contributed by atoms with Gasteiger partial charge in [0.15, 0.2) is 6.10 Å². The number of nitrogens with one attached hydrogen (secondary N) is 1. The second-order valence-electron chi connectivity index (χ2n) is 8.10. The molecule has 2 fully saturated rings. The van der Waals surface area contributed by atoms with Crippen LogP contribution in [0.15, 0.2) is 23.1 Å². The van der Waals surface area contributed by atoms with Crippen molar-refractivity contribution in [2.45, 2.75) is 49.6 Å². The Morgan fingerprint density at radius 2 is 1.84 bits per heavy atom. The minimum Gasteiger partial charge on any atom is -0.449 e. The molecular formula is C21H31N3O6S. The van der Waals surface area contributed by atoms with Gasteiger partial charge in [-0.2, -0.15) is 0 Å². The molecule has 31 heavy (non-hydrogen) atoms. The molecule has 0 bridgehead atoms. The highest BCUT2D eigenvalue weighted by atomic mass is 32.2. The lowest BCUT2D eigenvalue weighted by Crippen LogP contribution is -2.41. The van der Waals surface area contributed by atoms with E-state index in [1.165, 1.54) is 33.2 Å². The third-order valence-corrected chi connectivity index (χ3v) is 7.48. The van der Waals surface area contributed by atoms with Crippen molar-refractivity contribution in [3.8, 4) is 0 Å². The fourth-order valence-corrected chi connectivity index (χ4v) is 4.72. The van der Waals surface area contributed by atoms with E-state index >= 15 is 0 Å². The molecule has 1 N–H and O–H groups in total. The molecule has 1 amide bonds. The zero-order valence-electron chi connectivity index (χ0n) is 18.3. The molecule has 1 aliphatic heterocycles. The Kier molecular flexibility index (Phi) is 7.55. The van der Waals surface area contributed by atoms with E-state index < -0.39 is 22.1 Å². The highest BCUT2D eigenvalue weighted by Crippen LogP contribution is 2.27. The molecular weight excluding hydrogens is 422 g/mol. The number of amides is 1. The quantitative estimate of drug-likeness (QED) is 0.622. The van der Waals surface area contributed by atoms with Crippen molar-refractivity contribution in [2.75, 3.05) is 45.3 Å². The summed E-state index contributed by atoms with van der Waals surface area (Å²) in [6.45, 7) is 3.67. The SMILES string of the molecule is CC(OC(=O)c1cc(S(=O)(=O)N(C)C)ccc1N1CCOCC1)C(=O)NC1CCCC1. The number of hydrogen-bond acceptors (Lipinski definition) is 7. The smallest absolute Gasteiger partial charge is 0.341 e. The van der Waals surface area contributed by atoms with Gasteiger partial charge in [0.25, 0.3) is 5.91 Å². The van der Waals surface area contributed by atoms with Gasteiger partial charge in [0.1, 0.15) is 0 Å². The molecule has 1 unspecified atom stereocenters. The van der Waals surface area contributed by atoms with Crippen LogP contribution in [-0.2, 0) is 24.3 Å². The fraction of sp³-hybridized carbons (Fsp3) is 0.619. The maximum absolute atomic E-state index is 13.0. The molecule has 1 saturated carbocycles. The molecule has 3 rings (SSSR count). The topological polar surface area (TPSA) is 105 Å². The standard InChI is InChI=1S/C21H31N3O6S/c1-15(20(25)22-16-6-4-5-7-16)30-21(26)18-14-17(31(27,28)23(2)3)8-9-19(18)24-10-12-29-13-11-24/h8-9,14-16H,4-7,10-13H2,1-3H3,(H,22,25). The molecule has 1 heterocycles. The molecule has 1 aromatic carbocycles. The third kappa shape index (κ3) is 5.55. The maximum Gasteiger partial charge on any atom is 0.341 e. The number of benzene rings is 1. The van der Waals surface area contributed by atoms with Crippen molar-refractivity contribution in [3.05, 3.63) is 23.8 Å². The lowest BCUT2D eigenvalue weighted by atomic mass is 10.1. The number of anilines is 1. The van der Waals surface area contributed by atoms with E-state index in [1.807, 2.05) is 4.90 Å². The van der Waals surface area contributed by atoms with E-state index in [0.717, 1.165) is 30.0 Å². The monoisotopic (exact) mass is 453 g/mol. The summed E-state index contributed by atoms with van der Waals surface area (Å²) in [4.78, 5) is 27.4. The van der Waals surface area contributed by atoms with Crippen LogP contribution in [0.3, 0.4) is 0 Å². The molecule has 1 atom stereocenters. The molecule has 1 aromatic rings. The van der Waals surface area contributed by atoms with E-state index in [0.29, 0.717) is 32.0 Å². The lowest BCUT2D eigenvalue weighted by Gasteiger charge is -2.30. The molecule has 0 aromatic heterocycles. The summed E-state index contributed by atoms with van der Waals surface area (Å²) >= 11 is 0. The Bertz CT molecular complexity index is 906. The lowest BCUT2D eigenvalue weighted by molar-refractivity contribution is -0.129. The van der Waals surface area contributed by atoms with Gasteiger partial charge in [0.2, 0.25) is 10.0 Å². The van der Waals surface area contributed by atoms with Crippen molar-refractivity contribution in [3.63, 3.8) is 0 Å². The number of rotatable bonds is 7. The Hall–Kier alpha value is -2.17. The Balaban J connectivity index is 1.84. The second-order valence-corrected chi connectivity index (χ2v) is 10.3. The zero-order chi connectivity index (χ0) is 22.6. The summed E-state index contributed by atoms with van der Waals surface area (Å²) in [6, 6.07) is 4.53. The number of nitrogens with zero attached hydrogens (tertiary/aromatic N) is 2. The highest BCUT2D eigenvalue weighted by Gasteiger charge is 2.28. The second kappa shape index (κ2) is 9.97. The van der Waals surface area contributed by atoms with Gasteiger partial charge in [-0.25, -0.2) is 17.5 Å². The van der Waals surface area contributed by atoms with Gasteiger partial charge in [-0.1, -0.05) is 12.8 Å². The predicted molar refractivity (Wildman–Crippen MR) is 116 cm³/mol. The first-order valence-electron chi connectivity index (χ1n) is 10.6. The third-order valence-electron chi connectivity index (χ3n) is 5.67. The molecule has 1 saturated heterocycles. The van der Waals surface area contributed by atoms with Gasteiger partial charge < -0.3 is 19.7 Å². The summed E-state index contributed by atoms with van der Waals surface area (Å²) in [5.41, 5.74) is 0.680. The molecule has 0 radical (unpaired) electrons. The Morgan fingerprint density at radius 3 is 2.45 bits per heavy atom. The number of ether oxygens (including phenoxy) is 2. The molecule has 10 heteroatoms. The molecule has 172 valence electrons. The van der Waals surface area contributed by atoms with Crippen molar-refractivity contribution in [1.82, 2.24) is 9.62 Å². The van der Waals surface area contributed by atoms with E-state index in [1.54, 1.807) is 6.07 Å². The summed E-state index contributed by atoms with van der Waals surface area (Å²) < 4.78 is 37.1. The number of morpholine rings is 1. The minimum absolute atomic E-state index is 0.00970. The van der Waals surface area contributed by atoms with Crippen molar-refractivity contribution in [2.24, 2.45) is 0 Å². The predicted octanol–water partition coefficient (Wildman–Crippen LogP) is 1.38. The van der Waals surface area contributed by atoms with Crippen LogP contribution in [0.1, 0.15) is 43.0 Å². The number of carbonyl (C=O) groups is 2. The fourth-order valence-electron chi connectivity index (χ4n) is 3.80. The van der Waals surface area contributed by atoms with Gasteiger partial charge in [-0.05, 0) is 38.0 Å². The highest BCUT2D eigenvalue weighted by molar-refractivity contribution is 7.89. The minimum atomic E-state index is -3.74. The van der Waals surface area contributed by atoms with Gasteiger partial charge in [-0.3, -0.25) is 4.79 Å². The van der Waals surface area contributed by atoms with Crippen molar-refractivity contribution in [1.29, 1.82) is 0 Å². The number of sulfonamides is 1. The van der Waals surface area contributed by atoms with Crippen LogP contribution in [0.25, 0.3) is 0 Å². The average Bonchev–Trinajstić information content (AvgIpc) is 3.26. The van der Waals surface area contributed by atoms with Crippen LogP contribution in [0.5, 0.6) is 0 Å². The van der Waals surface area contributed by atoms with Gasteiger partial charge in [-0.15, -0.1) is 0 Å². The van der Waals surface area contributed by atoms with Crippen molar-refractivity contribution >= 4 is 27.6 Å². The normalized spacial score (nSPS) is 18.8. The largest absolute Gasteiger partial charge is 0.449 e. The van der Waals surface area contributed by atoms with Gasteiger partial charge >= 0.3 is 5.97 Å². The summed E-state index contributed by atoms with van der Waals surface area (Å²) in [7, 11) is -0.879. The first-order chi connectivity index (χ1) is 14.7. The number of esters is 1. The van der Waals surface area contributed by atoms with Crippen LogP contribution >= 0.6 is 0 Å². The van der Waals surface area contributed by atoms with Gasteiger partial charge in [0, 0.05) is 33.2 Å². The molecule has 2 aliphatic rings. The first kappa shape index (κ1) is 23.5. The van der Waals surface area contributed by atoms with E-state index in [4.69, 9.17) is 9.47 Å². The summed E-state index contributed by atoms with van der Waals surface area (Å²) in [5.74, 6) is -1.07. The number of carbonyl (C=O) groups excluding carboxylic acids is 2. The van der Waals surface area contributed by atoms with Crippen LogP contribution < -0.4 is 10.2 Å². The Labute approximate surface area is 183 Å². The maximum atomic E-state index is 13.0. The van der Waals surface area contributed by atoms with Crippen molar-refractivity contribution < 1.29 is 27.5 Å². The van der Waals surface area contributed by atoms with E-state index in [-0.39, 0.29) is 22.4 Å².